The van der Waals surface area contributed by atoms with Crippen molar-refractivity contribution < 1.29 is 18.3 Å². The fraction of sp³-hybridized carbons (Fsp3) is 0.192. The molecular formula is C26H23FN2O3. The number of carbonyl (C=O) groups excluding carboxylic acids is 1. The van der Waals surface area contributed by atoms with Crippen LogP contribution >= 0.6 is 0 Å². The van der Waals surface area contributed by atoms with Crippen molar-refractivity contribution in [2.24, 2.45) is 0 Å². The number of fused-ring (bicyclic) bond motifs is 1. The number of para-hydroxylation sites is 1. The van der Waals surface area contributed by atoms with Crippen molar-refractivity contribution in [1.29, 1.82) is 0 Å². The van der Waals surface area contributed by atoms with Gasteiger partial charge in [0.25, 0.3) is 5.91 Å². The largest absolute Gasteiger partial charge is 0.457 e. The zero-order valence-corrected chi connectivity index (χ0v) is 17.5. The maximum Gasteiger partial charge on any atom is 0.255 e. The normalized spacial score (nSPS) is 15.5. The standard InChI is InChI=1S/C26H23FN2O3/c27-20-12-10-18(11-13-20)24(29-14-16-31-17-15-29)25-23(21-8-4-5-9-22(21)32-25)28-26(30)19-6-2-1-3-7-19/h1-13,24H,14-17H2,(H,28,30). The average Bonchev–Trinajstić information content (AvgIpc) is 3.19. The SMILES string of the molecule is O=C(Nc1c(C(c2ccc(F)cc2)N2CCOCC2)oc2ccccc12)c1ccccc1. The van der Waals surface area contributed by atoms with Crippen LogP contribution in [0.5, 0.6) is 0 Å². The van der Waals surface area contributed by atoms with Crippen LogP contribution in [0.15, 0.2) is 83.3 Å². The van der Waals surface area contributed by atoms with E-state index in [1.807, 2.05) is 42.5 Å². The number of amides is 1. The maximum absolute atomic E-state index is 13.7. The highest BCUT2D eigenvalue weighted by Gasteiger charge is 2.31. The van der Waals surface area contributed by atoms with Crippen molar-refractivity contribution in [2.45, 2.75) is 6.04 Å². The Morgan fingerprint density at radius 3 is 2.34 bits per heavy atom. The van der Waals surface area contributed by atoms with Gasteiger partial charge in [-0.05, 0) is 42.0 Å². The summed E-state index contributed by atoms with van der Waals surface area (Å²) >= 11 is 0. The fourth-order valence-corrected chi connectivity index (χ4v) is 4.17. The van der Waals surface area contributed by atoms with Gasteiger partial charge < -0.3 is 14.5 Å². The highest BCUT2D eigenvalue weighted by atomic mass is 19.1. The molecule has 32 heavy (non-hydrogen) atoms. The van der Waals surface area contributed by atoms with Gasteiger partial charge in [0.1, 0.15) is 17.2 Å². The second-order valence-corrected chi connectivity index (χ2v) is 7.76. The topological polar surface area (TPSA) is 54.7 Å². The molecule has 1 fully saturated rings. The summed E-state index contributed by atoms with van der Waals surface area (Å²) in [6, 6.07) is 22.9. The van der Waals surface area contributed by atoms with Gasteiger partial charge in [0, 0.05) is 24.0 Å². The zero-order valence-electron chi connectivity index (χ0n) is 17.5. The maximum atomic E-state index is 13.7. The van der Waals surface area contributed by atoms with Crippen LogP contribution < -0.4 is 5.32 Å². The summed E-state index contributed by atoms with van der Waals surface area (Å²) in [6.45, 7) is 2.60. The van der Waals surface area contributed by atoms with Crippen molar-refractivity contribution in [1.82, 2.24) is 4.90 Å². The first-order valence-corrected chi connectivity index (χ1v) is 10.7. The van der Waals surface area contributed by atoms with E-state index < -0.39 is 0 Å². The lowest BCUT2D eigenvalue weighted by atomic mass is 10.00. The molecule has 162 valence electrons. The number of ether oxygens (including phenoxy) is 1. The monoisotopic (exact) mass is 430 g/mol. The molecule has 0 radical (unpaired) electrons. The van der Waals surface area contributed by atoms with Crippen molar-refractivity contribution >= 4 is 22.6 Å². The van der Waals surface area contributed by atoms with Crippen LogP contribution in [-0.4, -0.2) is 37.1 Å². The molecule has 5 nitrogen and oxygen atoms in total. The van der Waals surface area contributed by atoms with E-state index in [1.165, 1.54) is 12.1 Å². The van der Waals surface area contributed by atoms with E-state index in [0.717, 1.165) is 10.9 Å². The molecule has 1 N–H and O–H groups in total. The summed E-state index contributed by atoms with van der Waals surface area (Å²) in [5.41, 5.74) is 2.78. The van der Waals surface area contributed by atoms with Crippen LogP contribution in [0, 0.1) is 5.82 Å². The summed E-state index contributed by atoms with van der Waals surface area (Å²) in [6.07, 6.45) is 0. The number of hydrogen-bond donors (Lipinski definition) is 1. The number of hydrogen-bond acceptors (Lipinski definition) is 4. The van der Waals surface area contributed by atoms with Gasteiger partial charge in [-0.2, -0.15) is 0 Å². The number of halogens is 1. The Hall–Kier alpha value is -3.48. The van der Waals surface area contributed by atoms with Crippen LogP contribution in [0.3, 0.4) is 0 Å². The summed E-state index contributed by atoms with van der Waals surface area (Å²) in [7, 11) is 0. The van der Waals surface area contributed by atoms with Crippen molar-refractivity contribution in [3.63, 3.8) is 0 Å². The van der Waals surface area contributed by atoms with Crippen LogP contribution in [0.1, 0.15) is 27.7 Å². The Morgan fingerprint density at radius 1 is 0.906 bits per heavy atom. The number of benzene rings is 3. The van der Waals surface area contributed by atoms with Crippen LogP contribution in [-0.2, 0) is 4.74 Å². The molecule has 4 aromatic rings. The van der Waals surface area contributed by atoms with Gasteiger partial charge in [-0.15, -0.1) is 0 Å². The smallest absolute Gasteiger partial charge is 0.255 e. The van der Waals surface area contributed by atoms with E-state index in [-0.39, 0.29) is 17.8 Å². The molecule has 5 rings (SSSR count). The van der Waals surface area contributed by atoms with Gasteiger partial charge in [0.2, 0.25) is 0 Å². The molecule has 0 aliphatic carbocycles. The molecule has 1 saturated heterocycles. The molecule has 2 heterocycles. The van der Waals surface area contributed by atoms with E-state index in [1.54, 1.807) is 24.3 Å². The minimum atomic E-state index is -0.295. The second-order valence-electron chi connectivity index (χ2n) is 7.76. The quantitative estimate of drug-likeness (QED) is 0.470. The van der Waals surface area contributed by atoms with E-state index in [2.05, 4.69) is 10.2 Å². The van der Waals surface area contributed by atoms with Gasteiger partial charge in [-0.25, -0.2) is 4.39 Å². The number of rotatable bonds is 5. The van der Waals surface area contributed by atoms with Gasteiger partial charge in [0.15, 0.2) is 0 Å². The Balaban J connectivity index is 1.63. The van der Waals surface area contributed by atoms with E-state index in [0.29, 0.717) is 48.9 Å². The van der Waals surface area contributed by atoms with E-state index in [4.69, 9.17) is 9.15 Å². The molecule has 3 aromatic carbocycles. The van der Waals surface area contributed by atoms with Gasteiger partial charge in [-0.1, -0.05) is 42.5 Å². The molecule has 1 aliphatic rings. The third-order valence-electron chi connectivity index (χ3n) is 5.74. The lowest BCUT2D eigenvalue weighted by Gasteiger charge is -2.34. The lowest BCUT2D eigenvalue weighted by molar-refractivity contribution is 0.0206. The summed E-state index contributed by atoms with van der Waals surface area (Å²) in [5.74, 6) is 0.124. The molecule has 6 heteroatoms. The predicted octanol–water partition coefficient (Wildman–Crippen LogP) is 5.25. The number of morpholine rings is 1. The number of nitrogens with zero attached hydrogens (tertiary/aromatic N) is 1. The Kier molecular flexibility index (Phi) is 5.71. The van der Waals surface area contributed by atoms with E-state index in [9.17, 15) is 9.18 Å². The number of anilines is 1. The molecule has 0 bridgehead atoms. The fourth-order valence-electron chi connectivity index (χ4n) is 4.17. The molecule has 1 atom stereocenters. The first-order valence-electron chi connectivity index (χ1n) is 10.7. The molecule has 1 aromatic heterocycles. The minimum absolute atomic E-state index is 0.210. The minimum Gasteiger partial charge on any atom is -0.457 e. The molecule has 1 aliphatic heterocycles. The zero-order chi connectivity index (χ0) is 21.9. The Bertz CT molecular complexity index is 1220. The summed E-state index contributed by atoms with van der Waals surface area (Å²) in [4.78, 5) is 15.3. The van der Waals surface area contributed by atoms with Crippen LogP contribution in [0.4, 0.5) is 10.1 Å². The number of nitrogens with one attached hydrogen (secondary N) is 1. The van der Waals surface area contributed by atoms with Crippen molar-refractivity contribution in [3.05, 3.63) is 102 Å². The third-order valence-corrected chi connectivity index (χ3v) is 5.74. The number of carbonyl (C=O) groups is 1. The first kappa shape index (κ1) is 20.4. The molecular weight excluding hydrogens is 407 g/mol. The van der Waals surface area contributed by atoms with Crippen molar-refractivity contribution in [2.75, 3.05) is 31.6 Å². The second kappa shape index (κ2) is 8.94. The first-order chi connectivity index (χ1) is 15.7. The Morgan fingerprint density at radius 2 is 1.59 bits per heavy atom. The van der Waals surface area contributed by atoms with Crippen LogP contribution in [0.25, 0.3) is 11.0 Å². The Labute approximate surface area is 185 Å². The predicted molar refractivity (Wildman–Crippen MR) is 121 cm³/mol. The average molecular weight is 430 g/mol. The van der Waals surface area contributed by atoms with Crippen LogP contribution in [0.2, 0.25) is 0 Å². The summed E-state index contributed by atoms with van der Waals surface area (Å²) in [5, 5.41) is 3.91. The molecule has 0 saturated carbocycles. The third kappa shape index (κ3) is 4.02. The summed E-state index contributed by atoms with van der Waals surface area (Å²) < 4.78 is 25.6. The lowest BCUT2D eigenvalue weighted by Crippen LogP contribution is -2.39. The van der Waals surface area contributed by atoms with Gasteiger partial charge in [-0.3, -0.25) is 9.69 Å². The van der Waals surface area contributed by atoms with E-state index >= 15 is 0 Å². The molecule has 1 unspecified atom stereocenters. The molecule has 1 amide bonds. The van der Waals surface area contributed by atoms with Crippen molar-refractivity contribution in [3.8, 4) is 0 Å². The highest BCUT2D eigenvalue weighted by Crippen LogP contribution is 2.40. The highest BCUT2D eigenvalue weighted by molar-refractivity contribution is 6.09. The number of furan rings is 1. The molecule has 0 spiro atoms. The van der Waals surface area contributed by atoms with Gasteiger partial charge >= 0.3 is 0 Å². The van der Waals surface area contributed by atoms with Gasteiger partial charge in [0.05, 0.1) is 24.9 Å².